The summed E-state index contributed by atoms with van der Waals surface area (Å²) in [6.07, 6.45) is 5.75. The first-order valence-corrected chi connectivity index (χ1v) is 16.5. The first-order valence-electron chi connectivity index (χ1n) is 16.5. The van der Waals surface area contributed by atoms with Crippen molar-refractivity contribution in [3.05, 3.63) is 35.4 Å². The molecule has 0 saturated carbocycles. The number of nitrogens with one attached hydrogen (secondary N) is 5. The Morgan fingerprint density at radius 1 is 0.778 bits per heavy atom. The molecule has 0 bridgehead atoms. The van der Waals surface area contributed by atoms with Gasteiger partial charge in [-0.1, -0.05) is 24.3 Å². The third-order valence-electron chi connectivity index (χ3n) is 9.07. The summed E-state index contributed by atoms with van der Waals surface area (Å²) in [6.45, 7) is 7.03. The van der Waals surface area contributed by atoms with Crippen LogP contribution in [0.5, 0.6) is 0 Å². The van der Waals surface area contributed by atoms with Crippen LogP contribution in [0.2, 0.25) is 0 Å². The van der Waals surface area contributed by atoms with Crippen molar-refractivity contribution in [3.63, 3.8) is 0 Å². The van der Waals surface area contributed by atoms with Gasteiger partial charge in [0.15, 0.2) is 0 Å². The van der Waals surface area contributed by atoms with Crippen LogP contribution in [0.1, 0.15) is 62.5 Å². The van der Waals surface area contributed by atoms with Crippen molar-refractivity contribution < 1.29 is 19.2 Å². The molecule has 0 spiro atoms. The van der Waals surface area contributed by atoms with Gasteiger partial charge >= 0.3 is 6.03 Å². The molecule has 3 heterocycles. The Morgan fingerprint density at radius 3 is 1.96 bits per heavy atom. The SMILES string of the molecule is N=C(N)c1ccc(CNC(=O)N2CCN(C(=O)CCCCC(=O)N3CCC(C(=O)NCCNC4CCNCC4)CC3)CC2)cc1. The summed E-state index contributed by atoms with van der Waals surface area (Å²) in [5.74, 6) is 0.217. The molecule has 0 aliphatic carbocycles. The van der Waals surface area contributed by atoms with Crippen LogP contribution in [0, 0.1) is 11.3 Å². The van der Waals surface area contributed by atoms with Crippen molar-refractivity contribution in [2.45, 2.75) is 64.0 Å². The zero-order valence-corrected chi connectivity index (χ0v) is 26.5. The van der Waals surface area contributed by atoms with Crippen molar-refractivity contribution in [2.75, 3.05) is 65.4 Å². The largest absolute Gasteiger partial charge is 0.384 e. The number of carbonyl (C=O) groups excluding carboxylic acids is 4. The molecule has 13 heteroatoms. The van der Waals surface area contributed by atoms with Gasteiger partial charge in [-0.15, -0.1) is 0 Å². The fourth-order valence-corrected chi connectivity index (χ4v) is 6.14. The number of carbonyl (C=O) groups is 4. The van der Waals surface area contributed by atoms with Gasteiger partial charge in [0.2, 0.25) is 17.7 Å². The highest BCUT2D eigenvalue weighted by atomic mass is 16.2. The molecule has 3 saturated heterocycles. The number of piperidine rings is 2. The van der Waals surface area contributed by atoms with Crippen molar-refractivity contribution >= 4 is 29.6 Å². The van der Waals surface area contributed by atoms with Gasteiger partial charge in [0, 0.05) is 89.3 Å². The zero-order valence-electron chi connectivity index (χ0n) is 26.5. The van der Waals surface area contributed by atoms with Crippen LogP contribution < -0.4 is 27.0 Å². The van der Waals surface area contributed by atoms with E-state index in [-0.39, 0.29) is 35.5 Å². The highest BCUT2D eigenvalue weighted by Gasteiger charge is 2.27. The van der Waals surface area contributed by atoms with Crippen LogP contribution >= 0.6 is 0 Å². The van der Waals surface area contributed by atoms with Gasteiger partial charge in [-0.05, 0) is 57.2 Å². The van der Waals surface area contributed by atoms with Gasteiger partial charge in [-0.3, -0.25) is 19.8 Å². The molecule has 0 radical (unpaired) electrons. The van der Waals surface area contributed by atoms with E-state index in [4.69, 9.17) is 11.1 Å². The summed E-state index contributed by atoms with van der Waals surface area (Å²) >= 11 is 0. The van der Waals surface area contributed by atoms with Gasteiger partial charge in [0.05, 0.1) is 0 Å². The second-order valence-electron chi connectivity index (χ2n) is 12.3. The number of hydrogen-bond donors (Lipinski definition) is 6. The summed E-state index contributed by atoms with van der Waals surface area (Å²) in [6, 6.07) is 7.54. The fourth-order valence-electron chi connectivity index (χ4n) is 6.14. The van der Waals surface area contributed by atoms with E-state index in [9.17, 15) is 19.2 Å². The average Bonchev–Trinajstić information content (AvgIpc) is 3.08. The predicted molar refractivity (Wildman–Crippen MR) is 173 cm³/mol. The van der Waals surface area contributed by atoms with Crippen LogP contribution in [0.4, 0.5) is 4.79 Å². The number of amidine groups is 1. The lowest BCUT2D eigenvalue weighted by molar-refractivity contribution is -0.136. The normalized spacial score (nSPS) is 18.0. The number of benzene rings is 1. The molecule has 13 nitrogen and oxygen atoms in total. The number of nitrogen functional groups attached to an aromatic ring is 1. The smallest absolute Gasteiger partial charge is 0.317 e. The van der Waals surface area contributed by atoms with E-state index in [1.54, 1.807) is 21.9 Å². The van der Waals surface area contributed by atoms with Crippen molar-refractivity contribution in [1.29, 1.82) is 5.41 Å². The molecule has 3 aliphatic heterocycles. The Hall–Kier alpha value is -3.71. The molecule has 0 atom stereocenters. The standard InChI is InChI=1S/C32H51N9O4/c33-30(34)25-7-5-24(6-8-25)23-38-32(45)41-21-19-40(20-22-41)29(43)4-2-1-3-28(42)39-17-11-26(12-18-39)31(44)37-16-15-36-27-9-13-35-14-10-27/h5-8,26-27,35-36H,1-4,9-23H2,(H3,33,34)(H,37,44)(H,38,45). The first kappa shape index (κ1) is 34.2. The van der Waals surface area contributed by atoms with Crippen molar-refractivity contribution in [3.8, 4) is 0 Å². The minimum atomic E-state index is -0.166. The minimum Gasteiger partial charge on any atom is -0.384 e. The summed E-state index contributed by atoms with van der Waals surface area (Å²) in [5.41, 5.74) is 7.04. The van der Waals surface area contributed by atoms with Crippen LogP contribution in [-0.4, -0.2) is 116 Å². The van der Waals surface area contributed by atoms with Crippen LogP contribution in [-0.2, 0) is 20.9 Å². The molecule has 0 unspecified atom stereocenters. The number of nitrogens with two attached hydrogens (primary N) is 1. The molecule has 3 aliphatic rings. The maximum atomic E-state index is 12.7. The van der Waals surface area contributed by atoms with Crippen LogP contribution in [0.15, 0.2) is 24.3 Å². The molecule has 5 amide bonds. The lowest BCUT2D eigenvalue weighted by Gasteiger charge is -2.35. The van der Waals surface area contributed by atoms with Gasteiger partial charge in [0.1, 0.15) is 5.84 Å². The Labute approximate surface area is 266 Å². The lowest BCUT2D eigenvalue weighted by Crippen LogP contribution is -2.53. The lowest BCUT2D eigenvalue weighted by atomic mass is 9.95. The van der Waals surface area contributed by atoms with Crippen LogP contribution in [0.25, 0.3) is 0 Å². The Kier molecular flexibility index (Phi) is 13.4. The van der Waals surface area contributed by atoms with Gasteiger partial charge in [0.25, 0.3) is 0 Å². The summed E-state index contributed by atoms with van der Waals surface area (Å²) in [5, 5.41) is 20.3. The molecule has 0 aromatic heterocycles. The van der Waals surface area contributed by atoms with Crippen LogP contribution in [0.3, 0.4) is 0 Å². The summed E-state index contributed by atoms with van der Waals surface area (Å²) in [7, 11) is 0. The van der Waals surface area contributed by atoms with Gasteiger partial charge in [-0.2, -0.15) is 0 Å². The fraction of sp³-hybridized carbons (Fsp3) is 0.656. The maximum absolute atomic E-state index is 12.7. The third kappa shape index (κ3) is 11.0. The topological polar surface area (TPSA) is 176 Å². The number of nitrogens with zero attached hydrogens (tertiary/aromatic N) is 3. The summed E-state index contributed by atoms with van der Waals surface area (Å²) < 4.78 is 0. The van der Waals surface area contributed by atoms with E-state index in [1.807, 2.05) is 17.0 Å². The van der Waals surface area contributed by atoms with E-state index in [2.05, 4.69) is 21.3 Å². The number of hydrogen-bond acceptors (Lipinski definition) is 7. The molecule has 45 heavy (non-hydrogen) atoms. The first-order chi connectivity index (χ1) is 21.8. The Morgan fingerprint density at radius 2 is 1.36 bits per heavy atom. The Balaban J connectivity index is 1.02. The minimum absolute atomic E-state index is 0.00687. The van der Waals surface area contributed by atoms with Gasteiger partial charge in [-0.25, -0.2) is 4.79 Å². The van der Waals surface area contributed by atoms with E-state index in [1.165, 1.54) is 0 Å². The number of urea groups is 1. The quantitative estimate of drug-likeness (QED) is 0.106. The summed E-state index contributed by atoms with van der Waals surface area (Å²) in [4.78, 5) is 56.0. The molecular weight excluding hydrogens is 574 g/mol. The average molecular weight is 626 g/mol. The monoisotopic (exact) mass is 625 g/mol. The number of unbranched alkanes of at least 4 members (excludes halogenated alkanes) is 1. The Bertz CT molecular complexity index is 1140. The zero-order chi connectivity index (χ0) is 32.0. The molecule has 7 N–H and O–H groups in total. The molecule has 4 rings (SSSR count). The molecule has 1 aromatic rings. The number of piperazine rings is 1. The highest BCUT2D eigenvalue weighted by Crippen LogP contribution is 2.19. The number of amides is 5. The third-order valence-corrected chi connectivity index (χ3v) is 9.07. The van der Waals surface area contributed by atoms with Crippen molar-refractivity contribution in [1.82, 2.24) is 36.0 Å². The van der Waals surface area contributed by atoms with E-state index in [0.29, 0.717) is 102 Å². The molecule has 248 valence electrons. The maximum Gasteiger partial charge on any atom is 0.317 e. The van der Waals surface area contributed by atoms with E-state index >= 15 is 0 Å². The number of likely N-dealkylation sites (tertiary alicyclic amines) is 1. The van der Waals surface area contributed by atoms with Gasteiger partial charge < -0.3 is 41.7 Å². The van der Waals surface area contributed by atoms with E-state index < -0.39 is 0 Å². The molecule has 3 fully saturated rings. The number of rotatable bonds is 13. The molecular formula is C32H51N9O4. The predicted octanol–water partition coefficient (Wildman–Crippen LogP) is 0.581. The van der Waals surface area contributed by atoms with E-state index in [0.717, 1.165) is 38.0 Å². The second kappa shape index (κ2) is 17.7. The highest BCUT2D eigenvalue weighted by molar-refractivity contribution is 5.94. The van der Waals surface area contributed by atoms with Crippen molar-refractivity contribution in [2.24, 2.45) is 11.7 Å². The second-order valence-corrected chi connectivity index (χ2v) is 12.3. The molecule has 1 aromatic carbocycles.